The van der Waals surface area contributed by atoms with Crippen molar-refractivity contribution in [2.75, 3.05) is 6.61 Å². The Balaban J connectivity index is 1.17. The maximum absolute atomic E-state index is 5.92. The van der Waals surface area contributed by atoms with Gasteiger partial charge in [-0.3, -0.25) is 0 Å². The van der Waals surface area contributed by atoms with Crippen LogP contribution in [-0.2, 0) is 6.42 Å². The number of rotatable bonds is 9. The molecule has 0 saturated carbocycles. The molecule has 0 fully saturated rings. The van der Waals surface area contributed by atoms with Crippen LogP contribution in [0.5, 0.6) is 5.75 Å². The minimum absolute atomic E-state index is 0.761. The van der Waals surface area contributed by atoms with Gasteiger partial charge in [-0.25, -0.2) is 4.98 Å². The molecule has 0 aliphatic rings. The summed E-state index contributed by atoms with van der Waals surface area (Å²) in [7, 11) is 0. The van der Waals surface area contributed by atoms with Crippen molar-refractivity contribution >= 4 is 33.3 Å². The highest BCUT2D eigenvalue weighted by Crippen LogP contribution is 2.31. The molecule has 4 aromatic rings. The van der Waals surface area contributed by atoms with Gasteiger partial charge in [-0.1, -0.05) is 37.5 Å². The average molecular weight is 380 g/mol. The average Bonchev–Trinajstić information content (AvgIpc) is 3.26. The lowest BCUT2D eigenvalue weighted by molar-refractivity contribution is 0.304. The van der Waals surface area contributed by atoms with E-state index in [0.29, 0.717) is 0 Å². The first-order valence-electron chi connectivity index (χ1n) is 9.75. The Hall–Kier alpha value is -2.33. The first-order valence-corrected chi connectivity index (χ1v) is 10.6. The smallest absolute Gasteiger partial charge is 0.139 e. The Morgan fingerprint density at radius 1 is 0.926 bits per heavy atom. The number of nitrogens with zero attached hydrogens (tertiary/aromatic N) is 1. The predicted molar refractivity (Wildman–Crippen MR) is 113 cm³/mol. The third-order valence-electron chi connectivity index (χ3n) is 4.82. The number of unbranched alkanes of at least 4 members (excludes halogenated alkanes) is 4. The highest BCUT2D eigenvalue weighted by molar-refractivity contribution is 7.09. The highest BCUT2D eigenvalue weighted by atomic mass is 32.1. The van der Waals surface area contributed by atoms with Crippen molar-refractivity contribution < 1.29 is 9.15 Å². The van der Waals surface area contributed by atoms with Crippen molar-refractivity contribution in [3.8, 4) is 5.75 Å². The molecule has 0 saturated heterocycles. The molecule has 4 rings (SSSR count). The van der Waals surface area contributed by atoms with Crippen LogP contribution >= 0.6 is 11.3 Å². The van der Waals surface area contributed by atoms with E-state index < -0.39 is 0 Å². The zero-order chi connectivity index (χ0) is 18.5. The summed E-state index contributed by atoms with van der Waals surface area (Å²) >= 11 is 1.78. The number of aryl methyl sites for hydroxylation is 2. The van der Waals surface area contributed by atoms with Crippen molar-refractivity contribution in [3.05, 3.63) is 58.5 Å². The van der Waals surface area contributed by atoms with Crippen molar-refractivity contribution in [1.82, 2.24) is 4.98 Å². The van der Waals surface area contributed by atoms with E-state index in [-0.39, 0.29) is 0 Å². The molecule has 2 heterocycles. The van der Waals surface area contributed by atoms with Crippen LogP contribution in [0.3, 0.4) is 0 Å². The van der Waals surface area contributed by atoms with Crippen LogP contribution in [0.1, 0.15) is 42.8 Å². The van der Waals surface area contributed by atoms with Crippen LogP contribution in [0.2, 0.25) is 0 Å². The summed E-state index contributed by atoms with van der Waals surface area (Å²) in [6.45, 7) is 2.82. The molecule has 0 aliphatic heterocycles. The number of para-hydroxylation sites is 1. The molecule has 0 amide bonds. The molecule has 140 valence electrons. The van der Waals surface area contributed by atoms with E-state index in [1.807, 2.05) is 30.3 Å². The molecular weight excluding hydrogens is 354 g/mol. The molecule has 0 spiro atoms. The fourth-order valence-corrected chi connectivity index (χ4v) is 4.23. The van der Waals surface area contributed by atoms with Gasteiger partial charge in [0, 0.05) is 27.9 Å². The maximum Gasteiger partial charge on any atom is 0.139 e. The number of thiazole rings is 1. The molecule has 0 aliphatic carbocycles. The van der Waals surface area contributed by atoms with E-state index in [1.165, 1.54) is 30.7 Å². The molecule has 3 nitrogen and oxygen atoms in total. The molecule has 0 radical (unpaired) electrons. The first-order chi connectivity index (χ1) is 13.3. The minimum atomic E-state index is 0.761. The lowest BCUT2D eigenvalue weighted by Crippen LogP contribution is -1.97. The summed E-state index contributed by atoms with van der Waals surface area (Å²) < 4.78 is 11.8. The van der Waals surface area contributed by atoms with Crippen molar-refractivity contribution in [2.45, 2.75) is 45.4 Å². The number of fused-ring (bicyclic) bond motifs is 3. The number of furan rings is 1. The predicted octanol–water partition coefficient (Wildman–Crippen LogP) is 6.92. The Labute approximate surface area is 164 Å². The molecule has 27 heavy (non-hydrogen) atoms. The lowest BCUT2D eigenvalue weighted by Gasteiger charge is -2.06. The topological polar surface area (TPSA) is 35.3 Å². The van der Waals surface area contributed by atoms with Gasteiger partial charge in [0.15, 0.2) is 0 Å². The third-order valence-corrected chi connectivity index (χ3v) is 5.85. The number of hydrogen-bond donors (Lipinski definition) is 0. The summed E-state index contributed by atoms with van der Waals surface area (Å²) in [6, 6.07) is 14.3. The van der Waals surface area contributed by atoms with Gasteiger partial charge in [0.1, 0.15) is 16.9 Å². The normalized spacial score (nSPS) is 11.4. The lowest BCUT2D eigenvalue weighted by atomic mass is 10.1. The summed E-state index contributed by atoms with van der Waals surface area (Å²) in [5.41, 5.74) is 2.97. The van der Waals surface area contributed by atoms with Crippen molar-refractivity contribution in [1.29, 1.82) is 0 Å². The molecular formula is C23H25NO2S. The second-order valence-corrected chi connectivity index (χ2v) is 7.95. The van der Waals surface area contributed by atoms with Gasteiger partial charge >= 0.3 is 0 Å². The minimum Gasteiger partial charge on any atom is -0.493 e. The van der Waals surface area contributed by atoms with Crippen LogP contribution in [-0.4, -0.2) is 11.6 Å². The van der Waals surface area contributed by atoms with Crippen molar-refractivity contribution in [2.24, 2.45) is 0 Å². The summed E-state index contributed by atoms with van der Waals surface area (Å²) in [6.07, 6.45) is 7.18. The zero-order valence-corrected chi connectivity index (χ0v) is 16.6. The summed E-state index contributed by atoms with van der Waals surface area (Å²) in [5.74, 6) is 0.890. The van der Waals surface area contributed by atoms with Gasteiger partial charge in [-0.15, -0.1) is 11.3 Å². The Morgan fingerprint density at radius 3 is 2.63 bits per heavy atom. The number of ether oxygens (including phenoxy) is 1. The second-order valence-electron chi connectivity index (χ2n) is 7.01. The Kier molecular flexibility index (Phi) is 5.73. The standard InChI is InChI=1S/C23H25NO2S/c1-17-16-27-23(24-17)11-5-3-2-4-8-14-25-18-12-13-20-19-9-6-7-10-21(19)26-22(20)15-18/h6-7,9-10,12-13,15-16H,2-5,8,11,14H2,1H3. The maximum atomic E-state index is 5.92. The second kappa shape index (κ2) is 8.57. The monoisotopic (exact) mass is 379 g/mol. The fourth-order valence-electron chi connectivity index (χ4n) is 3.41. The Bertz CT molecular complexity index is 1020. The van der Waals surface area contributed by atoms with Crippen molar-refractivity contribution in [3.63, 3.8) is 0 Å². The van der Waals surface area contributed by atoms with Gasteiger partial charge in [0.25, 0.3) is 0 Å². The van der Waals surface area contributed by atoms with E-state index in [1.54, 1.807) is 11.3 Å². The van der Waals surface area contributed by atoms with Gasteiger partial charge in [0.2, 0.25) is 0 Å². The SMILES string of the molecule is Cc1csc(CCCCCCCOc2ccc3c(c2)oc2ccccc23)n1. The van der Waals surface area contributed by atoms with E-state index in [4.69, 9.17) is 9.15 Å². The summed E-state index contributed by atoms with van der Waals surface area (Å²) in [4.78, 5) is 4.52. The molecule has 2 aromatic carbocycles. The highest BCUT2D eigenvalue weighted by Gasteiger charge is 2.07. The molecule has 0 atom stereocenters. The first kappa shape index (κ1) is 18.1. The van der Waals surface area contributed by atoms with E-state index in [2.05, 4.69) is 29.4 Å². The third kappa shape index (κ3) is 4.51. The Morgan fingerprint density at radius 2 is 1.74 bits per heavy atom. The van der Waals surface area contributed by atoms with Gasteiger partial charge in [0.05, 0.1) is 11.6 Å². The molecule has 0 N–H and O–H groups in total. The molecule has 4 heteroatoms. The largest absolute Gasteiger partial charge is 0.493 e. The van der Waals surface area contributed by atoms with Crippen LogP contribution < -0.4 is 4.74 Å². The fraction of sp³-hybridized carbons (Fsp3) is 0.348. The van der Waals surface area contributed by atoms with Gasteiger partial charge in [-0.2, -0.15) is 0 Å². The van der Waals surface area contributed by atoms with Gasteiger partial charge in [-0.05, 0) is 44.4 Å². The van der Waals surface area contributed by atoms with E-state index in [9.17, 15) is 0 Å². The van der Waals surface area contributed by atoms with Crippen LogP contribution in [0.15, 0.2) is 52.3 Å². The van der Waals surface area contributed by atoms with E-state index in [0.717, 1.165) is 52.8 Å². The quantitative estimate of drug-likeness (QED) is 0.296. The molecule has 0 unspecified atom stereocenters. The zero-order valence-electron chi connectivity index (χ0n) is 15.7. The van der Waals surface area contributed by atoms with Gasteiger partial charge < -0.3 is 9.15 Å². The van der Waals surface area contributed by atoms with E-state index >= 15 is 0 Å². The number of aromatic nitrogens is 1. The molecule has 0 bridgehead atoms. The van der Waals surface area contributed by atoms with Crippen LogP contribution in [0.25, 0.3) is 21.9 Å². The number of hydrogen-bond acceptors (Lipinski definition) is 4. The molecule has 2 aromatic heterocycles. The summed E-state index contributed by atoms with van der Waals surface area (Å²) in [5, 5.41) is 5.71. The van der Waals surface area contributed by atoms with Crippen LogP contribution in [0.4, 0.5) is 0 Å². The van der Waals surface area contributed by atoms with Crippen LogP contribution in [0, 0.1) is 6.92 Å². The number of benzene rings is 2.